The van der Waals surface area contributed by atoms with Gasteiger partial charge in [0.25, 0.3) is 0 Å². The van der Waals surface area contributed by atoms with Gasteiger partial charge in [-0.25, -0.2) is 4.98 Å². The van der Waals surface area contributed by atoms with Crippen molar-refractivity contribution in [1.29, 1.82) is 0 Å². The Balaban J connectivity index is 2.15. The normalized spacial score (nSPS) is 16.2. The van der Waals surface area contributed by atoms with E-state index in [4.69, 9.17) is 11.6 Å². The number of hydrogen-bond donors (Lipinski definition) is 2. The molecule has 0 saturated carbocycles. The molecular formula is C14H14ClN3O3. The third-order valence-electron chi connectivity index (χ3n) is 3.86. The maximum absolute atomic E-state index is 11.0. The number of rotatable bonds is 2. The monoisotopic (exact) mass is 307 g/mol. The van der Waals surface area contributed by atoms with Gasteiger partial charge in [-0.05, 0) is 38.1 Å². The number of aromatic hydroxyl groups is 1. The quantitative estimate of drug-likeness (QED) is 0.658. The molecule has 1 aromatic carbocycles. The predicted octanol–water partition coefficient (Wildman–Crippen LogP) is 2.97. The molecule has 3 rings (SSSR count). The number of phenolic OH excluding ortho intramolecular Hbond substituents is 1. The predicted molar refractivity (Wildman–Crippen MR) is 79.9 cm³/mol. The third-order valence-corrected chi connectivity index (χ3v) is 4.17. The third kappa shape index (κ3) is 2.52. The summed E-state index contributed by atoms with van der Waals surface area (Å²) in [6.07, 6.45) is 1.92. The molecule has 1 aromatic heterocycles. The molecule has 0 bridgehead atoms. The van der Waals surface area contributed by atoms with Gasteiger partial charge < -0.3 is 10.4 Å². The molecule has 6 nitrogen and oxygen atoms in total. The second kappa shape index (κ2) is 5.46. The van der Waals surface area contributed by atoms with Crippen molar-refractivity contribution in [2.75, 3.05) is 13.1 Å². The van der Waals surface area contributed by atoms with Crippen LogP contribution in [-0.4, -0.2) is 28.1 Å². The number of nitrogens with one attached hydrogen (secondary N) is 1. The average Bonchev–Trinajstić information content (AvgIpc) is 2.51. The first-order valence-corrected chi connectivity index (χ1v) is 7.13. The standard InChI is InChI=1S/C14H14ClN3O3/c15-10-7-12(18(20)21)14(19)13-9(10)1-2-11(17-13)8-3-5-16-6-4-8/h1-2,7-8,16,19H,3-6H2. The fraction of sp³-hybridized carbons (Fsp3) is 0.357. The number of nitrogens with zero attached hydrogens (tertiary/aromatic N) is 2. The molecule has 1 aliphatic heterocycles. The van der Waals surface area contributed by atoms with Crippen LogP contribution in [0.5, 0.6) is 5.75 Å². The molecule has 7 heteroatoms. The summed E-state index contributed by atoms with van der Waals surface area (Å²) in [6.45, 7) is 1.85. The Morgan fingerprint density at radius 3 is 2.76 bits per heavy atom. The van der Waals surface area contributed by atoms with E-state index >= 15 is 0 Å². The minimum Gasteiger partial charge on any atom is -0.501 e. The van der Waals surface area contributed by atoms with Crippen molar-refractivity contribution in [3.05, 3.63) is 39.0 Å². The molecule has 110 valence electrons. The minimum absolute atomic E-state index is 0.199. The maximum Gasteiger partial charge on any atom is 0.314 e. The molecular weight excluding hydrogens is 294 g/mol. The Bertz CT molecular complexity index is 714. The summed E-state index contributed by atoms with van der Waals surface area (Å²) in [5, 5.41) is 25.1. The van der Waals surface area contributed by atoms with Gasteiger partial charge in [0.15, 0.2) is 0 Å². The fourth-order valence-electron chi connectivity index (χ4n) is 2.72. The van der Waals surface area contributed by atoms with E-state index in [1.54, 1.807) is 6.07 Å². The first-order chi connectivity index (χ1) is 10.1. The van der Waals surface area contributed by atoms with Gasteiger partial charge in [0.05, 0.1) is 9.95 Å². The van der Waals surface area contributed by atoms with Gasteiger partial charge in [-0.15, -0.1) is 0 Å². The van der Waals surface area contributed by atoms with Gasteiger partial charge in [-0.2, -0.15) is 0 Å². The second-order valence-corrected chi connectivity index (χ2v) is 5.55. The van der Waals surface area contributed by atoms with Crippen LogP contribution in [0.15, 0.2) is 18.2 Å². The van der Waals surface area contributed by atoms with Crippen molar-refractivity contribution in [3.8, 4) is 5.75 Å². The van der Waals surface area contributed by atoms with E-state index in [2.05, 4.69) is 10.3 Å². The van der Waals surface area contributed by atoms with Crippen LogP contribution in [0.25, 0.3) is 10.9 Å². The Morgan fingerprint density at radius 2 is 2.10 bits per heavy atom. The number of fused-ring (bicyclic) bond motifs is 1. The summed E-state index contributed by atoms with van der Waals surface area (Å²) in [5.74, 6) is -0.122. The summed E-state index contributed by atoms with van der Waals surface area (Å²) < 4.78 is 0. The summed E-state index contributed by atoms with van der Waals surface area (Å²) in [7, 11) is 0. The zero-order valence-corrected chi connectivity index (χ0v) is 11.9. The second-order valence-electron chi connectivity index (χ2n) is 5.14. The number of nitro benzene ring substituents is 1. The van der Waals surface area contributed by atoms with Crippen molar-refractivity contribution in [2.24, 2.45) is 0 Å². The topological polar surface area (TPSA) is 88.3 Å². The molecule has 2 heterocycles. The van der Waals surface area contributed by atoms with Crippen LogP contribution in [-0.2, 0) is 0 Å². The zero-order chi connectivity index (χ0) is 15.0. The van der Waals surface area contributed by atoms with E-state index in [0.29, 0.717) is 11.3 Å². The van der Waals surface area contributed by atoms with Crippen LogP contribution in [0.1, 0.15) is 24.5 Å². The highest BCUT2D eigenvalue weighted by atomic mass is 35.5. The molecule has 2 N–H and O–H groups in total. The highest BCUT2D eigenvalue weighted by Gasteiger charge is 2.22. The molecule has 0 aliphatic carbocycles. The van der Waals surface area contributed by atoms with Gasteiger partial charge in [-0.3, -0.25) is 10.1 Å². The van der Waals surface area contributed by atoms with E-state index in [9.17, 15) is 15.2 Å². The zero-order valence-electron chi connectivity index (χ0n) is 11.2. The molecule has 2 aromatic rings. The highest BCUT2D eigenvalue weighted by molar-refractivity contribution is 6.36. The molecule has 21 heavy (non-hydrogen) atoms. The van der Waals surface area contributed by atoms with Crippen LogP contribution in [0, 0.1) is 10.1 Å². The lowest BCUT2D eigenvalue weighted by atomic mass is 9.93. The van der Waals surface area contributed by atoms with Crippen molar-refractivity contribution in [1.82, 2.24) is 10.3 Å². The van der Waals surface area contributed by atoms with Gasteiger partial charge in [0.2, 0.25) is 5.75 Å². The van der Waals surface area contributed by atoms with Gasteiger partial charge >= 0.3 is 5.69 Å². The molecule has 0 atom stereocenters. The van der Waals surface area contributed by atoms with E-state index < -0.39 is 16.4 Å². The minimum atomic E-state index is -0.653. The van der Waals surface area contributed by atoms with E-state index in [0.717, 1.165) is 37.7 Å². The number of aromatic nitrogens is 1. The molecule has 0 amide bonds. The lowest BCUT2D eigenvalue weighted by Crippen LogP contribution is -2.27. The molecule has 1 saturated heterocycles. The van der Waals surface area contributed by atoms with E-state index in [-0.39, 0.29) is 10.5 Å². The molecule has 0 radical (unpaired) electrons. The number of phenols is 1. The highest BCUT2D eigenvalue weighted by Crippen LogP contribution is 2.39. The smallest absolute Gasteiger partial charge is 0.314 e. The summed E-state index contributed by atoms with van der Waals surface area (Å²) in [6, 6.07) is 4.81. The lowest BCUT2D eigenvalue weighted by molar-refractivity contribution is -0.385. The maximum atomic E-state index is 11.0. The van der Waals surface area contributed by atoms with Crippen molar-refractivity contribution in [2.45, 2.75) is 18.8 Å². The summed E-state index contributed by atoms with van der Waals surface area (Å²) in [4.78, 5) is 14.7. The van der Waals surface area contributed by atoms with Crippen LogP contribution in [0.3, 0.4) is 0 Å². The van der Waals surface area contributed by atoms with E-state index in [1.807, 2.05) is 6.07 Å². The number of benzene rings is 1. The van der Waals surface area contributed by atoms with Crippen LogP contribution in [0.4, 0.5) is 5.69 Å². The number of nitro groups is 1. The molecule has 1 aliphatic rings. The Kier molecular flexibility index (Phi) is 3.65. The Hall–Kier alpha value is -1.92. The fourth-order valence-corrected chi connectivity index (χ4v) is 2.98. The van der Waals surface area contributed by atoms with E-state index in [1.165, 1.54) is 0 Å². The SMILES string of the molecule is O=[N+]([O-])c1cc(Cl)c2ccc(C3CCNCC3)nc2c1O. The number of hydrogen-bond acceptors (Lipinski definition) is 5. The van der Waals surface area contributed by atoms with Gasteiger partial charge in [0.1, 0.15) is 5.52 Å². The van der Waals surface area contributed by atoms with Crippen LogP contribution < -0.4 is 5.32 Å². The Labute approximate surface area is 125 Å². The molecule has 0 spiro atoms. The number of halogens is 1. The van der Waals surface area contributed by atoms with Gasteiger partial charge in [0, 0.05) is 23.1 Å². The van der Waals surface area contributed by atoms with Gasteiger partial charge in [-0.1, -0.05) is 11.6 Å². The summed E-state index contributed by atoms with van der Waals surface area (Å²) in [5.41, 5.74) is 0.628. The summed E-state index contributed by atoms with van der Waals surface area (Å²) >= 11 is 6.05. The first-order valence-electron chi connectivity index (χ1n) is 6.75. The number of piperidine rings is 1. The van der Waals surface area contributed by atoms with Crippen molar-refractivity contribution >= 4 is 28.2 Å². The van der Waals surface area contributed by atoms with Crippen molar-refractivity contribution in [3.63, 3.8) is 0 Å². The van der Waals surface area contributed by atoms with Crippen molar-refractivity contribution < 1.29 is 10.0 Å². The average molecular weight is 308 g/mol. The lowest BCUT2D eigenvalue weighted by Gasteiger charge is -2.22. The first kappa shape index (κ1) is 14.0. The Morgan fingerprint density at radius 1 is 1.38 bits per heavy atom. The molecule has 1 fully saturated rings. The molecule has 0 unspecified atom stereocenters. The largest absolute Gasteiger partial charge is 0.501 e. The van der Waals surface area contributed by atoms with Crippen LogP contribution >= 0.6 is 11.6 Å². The van der Waals surface area contributed by atoms with Crippen LogP contribution in [0.2, 0.25) is 5.02 Å². The number of pyridine rings is 1.